The molecule has 0 N–H and O–H groups in total. The second-order valence-electron chi connectivity index (χ2n) is 28.9. The summed E-state index contributed by atoms with van der Waals surface area (Å²) in [5.74, 6) is 2.42. The van der Waals surface area contributed by atoms with Crippen molar-refractivity contribution in [2.45, 2.75) is 227 Å². The van der Waals surface area contributed by atoms with Crippen LogP contribution >= 0.6 is 0 Å². The van der Waals surface area contributed by atoms with E-state index in [2.05, 4.69) is 76.7 Å². The zero-order valence-electron chi connectivity index (χ0n) is 53.8. The third-order valence-electron chi connectivity index (χ3n) is 23.3. The number of allylic oxidation sites excluding steroid dienone is 2. The molecule has 3 aromatic rings. The molecule has 8 aliphatic rings. The molecule has 14 unspecified atom stereocenters. The van der Waals surface area contributed by atoms with Crippen LogP contribution in [-0.2, 0) is 76.7 Å². The predicted molar refractivity (Wildman–Crippen MR) is 331 cm³/mol. The predicted octanol–water partition coefficient (Wildman–Crippen LogP) is 14.5. The number of fused-ring (bicyclic) bond motifs is 7. The Balaban J connectivity index is 0.860. The van der Waals surface area contributed by atoms with Crippen LogP contribution in [-0.4, -0.2) is 107 Å². The van der Waals surface area contributed by atoms with Crippen molar-refractivity contribution in [1.82, 2.24) is 0 Å². The zero-order valence-corrected chi connectivity index (χ0v) is 53.8. The van der Waals surface area contributed by atoms with Crippen molar-refractivity contribution < 1.29 is 56.9 Å². The molecule has 3 saturated heterocycles. The molecular weight excluding hydrogens is 1100 g/mol. The third kappa shape index (κ3) is 13.0. The molecule has 3 heterocycles. The van der Waals surface area contributed by atoms with Gasteiger partial charge in [0.2, 0.25) is 6.29 Å². The molecule has 0 bridgehead atoms. The second kappa shape index (κ2) is 27.3. The number of carbonyl (C=O) groups excluding carboxylic acids is 1. The molecule has 476 valence electrons. The fourth-order valence-electron chi connectivity index (χ4n) is 18.1. The lowest BCUT2D eigenvalue weighted by Gasteiger charge is -2.66. The molecule has 0 aromatic heterocycles. The molecule has 0 amide bonds. The summed E-state index contributed by atoms with van der Waals surface area (Å²) >= 11 is 0. The van der Waals surface area contributed by atoms with E-state index in [0.29, 0.717) is 43.7 Å². The van der Waals surface area contributed by atoms with Gasteiger partial charge < -0.3 is 52.1 Å². The molecule has 23 atom stereocenters. The van der Waals surface area contributed by atoms with E-state index in [1.54, 1.807) is 7.11 Å². The third-order valence-corrected chi connectivity index (χ3v) is 23.3. The minimum Gasteiger partial charge on any atom is -0.432 e. The summed E-state index contributed by atoms with van der Waals surface area (Å²) in [5, 5.41) is 4.37. The standard InChI is InChI=1S/C72H101N3O12/c1-12-79-63-62(86-65-47(5)60(81-41-51-26-20-15-21-27-51)58(43-82-65)80-40-50-24-18-14-19-25-50)48(6)83-67(64(63)77-11)85-61-46(4)59(74-75-73)57(42-78-39-49-22-16-13-17-23-49)84-66(61)87-68(76)72-36-34-69(7,8)38-56(72)55-31-30-53-54(71(55,10)35-37-72)29-28-52-45(3)44(2)32-33-70(52,53)9/h13-27,31,44-48,52-54,56-67H,12,28-30,32-43H2,1-11H3/t44-,45?,46?,47?,48+,52-,53?,54+,56?,57-,58?,59?,60?,61?,62?,63?,64?,65-,66-,67-,70?,71-,72?/m0/s1. The van der Waals surface area contributed by atoms with Crippen molar-refractivity contribution in [2.24, 2.45) is 74.1 Å². The molecule has 15 heteroatoms. The zero-order chi connectivity index (χ0) is 61.3. The normalized spacial score (nSPS) is 41.5. The van der Waals surface area contributed by atoms with Crippen LogP contribution in [0.4, 0.5) is 0 Å². The number of rotatable bonds is 20. The Labute approximate surface area is 518 Å². The molecular formula is C72H101N3O12. The van der Waals surface area contributed by atoms with Crippen LogP contribution in [0, 0.1) is 69.0 Å². The largest absolute Gasteiger partial charge is 0.432 e. The molecule has 0 radical (unpaired) electrons. The Hall–Kier alpha value is -4.22. The summed E-state index contributed by atoms with van der Waals surface area (Å²) in [6.45, 7) is 24.7. The van der Waals surface area contributed by atoms with Gasteiger partial charge in [-0.2, -0.15) is 0 Å². The smallest absolute Gasteiger partial charge is 0.315 e. The Kier molecular flexibility index (Phi) is 20.2. The minimum atomic E-state index is -1.23. The quantitative estimate of drug-likeness (QED) is 0.0346. The van der Waals surface area contributed by atoms with Crippen LogP contribution < -0.4 is 0 Å². The van der Waals surface area contributed by atoms with Crippen molar-refractivity contribution in [3.8, 4) is 0 Å². The number of methoxy groups -OCH3 is 1. The lowest BCUT2D eigenvalue weighted by Crippen LogP contribution is -2.64. The summed E-state index contributed by atoms with van der Waals surface area (Å²) in [6, 6.07) is 29.4. The van der Waals surface area contributed by atoms with E-state index in [4.69, 9.17) is 52.1 Å². The highest BCUT2D eigenvalue weighted by Crippen LogP contribution is 2.71. The van der Waals surface area contributed by atoms with Crippen LogP contribution in [0.5, 0.6) is 0 Å². The Morgan fingerprint density at radius 2 is 1.30 bits per heavy atom. The first-order valence-corrected chi connectivity index (χ1v) is 33.2. The van der Waals surface area contributed by atoms with Crippen LogP contribution in [0.1, 0.15) is 150 Å². The van der Waals surface area contributed by atoms with Gasteiger partial charge in [-0.1, -0.05) is 163 Å². The SMILES string of the molecule is CCOC1C(OC)[C@H](OC2C(C)C(N=[N+]=[N-])[C@H](COCc3ccccc3)O[C@H]2OC(=O)C23CCC(C)(C)CC2C2=CCC4[C@@H](CC[C@H]5C(C)[C@@H](C)CCC45C)[C@]2(C)CC3)O[C@H](C)C1O[C@@H]1OCC(OCc2ccccc2)C(OCc2ccccc2)C1C. The van der Waals surface area contributed by atoms with Crippen LogP contribution in [0.2, 0.25) is 0 Å². The second-order valence-corrected chi connectivity index (χ2v) is 28.9. The summed E-state index contributed by atoms with van der Waals surface area (Å²) < 4.78 is 74.5. The number of ether oxygens (including phenoxy) is 11. The first kappa shape index (κ1) is 64.3. The average molecular weight is 1200 g/mol. The number of esters is 1. The van der Waals surface area contributed by atoms with E-state index in [0.717, 1.165) is 73.0 Å². The number of benzene rings is 3. The van der Waals surface area contributed by atoms with Gasteiger partial charge in [-0.3, -0.25) is 4.79 Å². The van der Waals surface area contributed by atoms with Crippen molar-refractivity contribution in [2.75, 3.05) is 26.9 Å². The highest BCUT2D eigenvalue weighted by atomic mass is 16.8. The number of azide groups is 1. The Bertz CT molecular complexity index is 2820. The fraction of sp³-hybridized carbons (Fsp3) is 0.708. The monoisotopic (exact) mass is 1200 g/mol. The highest BCUT2D eigenvalue weighted by Gasteiger charge is 2.65. The van der Waals surface area contributed by atoms with Gasteiger partial charge in [0.15, 0.2) is 12.6 Å². The van der Waals surface area contributed by atoms with Crippen LogP contribution in [0.15, 0.2) is 108 Å². The molecule has 4 saturated carbocycles. The minimum absolute atomic E-state index is 0.00249. The maximum absolute atomic E-state index is 16.1. The Morgan fingerprint density at radius 3 is 1.97 bits per heavy atom. The van der Waals surface area contributed by atoms with Gasteiger partial charge in [0.1, 0.15) is 30.5 Å². The van der Waals surface area contributed by atoms with Gasteiger partial charge >= 0.3 is 5.97 Å². The van der Waals surface area contributed by atoms with Crippen molar-refractivity contribution in [3.05, 3.63) is 130 Å². The van der Waals surface area contributed by atoms with E-state index in [1.165, 1.54) is 31.3 Å². The van der Waals surface area contributed by atoms with Gasteiger partial charge in [-0.15, -0.1) is 0 Å². The molecule has 3 aromatic carbocycles. The summed E-state index contributed by atoms with van der Waals surface area (Å²) in [7, 11) is 1.61. The van der Waals surface area contributed by atoms with Gasteiger partial charge in [0, 0.05) is 24.5 Å². The maximum atomic E-state index is 16.1. The van der Waals surface area contributed by atoms with E-state index in [9.17, 15) is 5.53 Å². The topological polar surface area (TPSA) is 167 Å². The first-order chi connectivity index (χ1) is 41.9. The highest BCUT2D eigenvalue weighted by molar-refractivity contribution is 5.79. The molecule has 0 spiro atoms. The summed E-state index contributed by atoms with van der Waals surface area (Å²) in [5.41, 5.74) is 14.4. The number of carbonyl (C=O) groups is 1. The Morgan fingerprint density at radius 1 is 0.655 bits per heavy atom. The maximum Gasteiger partial charge on any atom is 0.315 e. The summed E-state index contributed by atoms with van der Waals surface area (Å²) in [4.78, 5) is 19.4. The van der Waals surface area contributed by atoms with Gasteiger partial charge in [-0.05, 0) is 158 Å². The van der Waals surface area contributed by atoms with Crippen molar-refractivity contribution >= 4 is 5.97 Å². The van der Waals surface area contributed by atoms with Crippen molar-refractivity contribution in [3.63, 3.8) is 0 Å². The number of hydrogen-bond donors (Lipinski definition) is 0. The molecule has 87 heavy (non-hydrogen) atoms. The number of nitrogens with zero attached hydrogens (tertiary/aromatic N) is 3. The molecule has 11 rings (SSSR count). The van der Waals surface area contributed by atoms with Gasteiger partial charge in [-0.25, -0.2) is 0 Å². The van der Waals surface area contributed by atoms with Gasteiger partial charge in [0.25, 0.3) is 0 Å². The average Bonchev–Trinajstić information content (AvgIpc) is 0.751. The fourth-order valence-corrected chi connectivity index (χ4v) is 18.1. The first-order valence-electron chi connectivity index (χ1n) is 33.2. The van der Waals surface area contributed by atoms with E-state index in [-0.39, 0.29) is 54.1 Å². The number of hydrogen-bond acceptors (Lipinski definition) is 13. The van der Waals surface area contributed by atoms with Gasteiger partial charge in [0.05, 0.1) is 62.8 Å². The van der Waals surface area contributed by atoms with Crippen LogP contribution in [0.3, 0.4) is 0 Å². The summed E-state index contributed by atoms with van der Waals surface area (Å²) in [6.07, 6.45) is 4.71. The van der Waals surface area contributed by atoms with E-state index in [1.807, 2.05) is 99.6 Å². The lowest BCUT2D eigenvalue weighted by atomic mass is 9.39. The van der Waals surface area contributed by atoms with Crippen LogP contribution in [0.25, 0.3) is 10.4 Å². The molecule has 3 aliphatic heterocycles. The molecule has 15 nitrogen and oxygen atoms in total. The van der Waals surface area contributed by atoms with Crippen molar-refractivity contribution in [1.29, 1.82) is 0 Å². The van der Waals surface area contributed by atoms with E-state index < -0.39 is 72.9 Å². The molecule has 7 fully saturated rings. The molecule has 5 aliphatic carbocycles. The lowest BCUT2D eigenvalue weighted by molar-refractivity contribution is -0.370. The van der Waals surface area contributed by atoms with E-state index >= 15 is 4.79 Å².